The predicted molar refractivity (Wildman–Crippen MR) is 151 cm³/mol. The highest BCUT2D eigenvalue weighted by Crippen LogP contribution is 2.41. The Morgan fingerprint density at radius 2 is 1.31 bits per heavy atom. The molecule has 3 heteroatoms. The van der Waals surface area contributed by atoms with Crippen LogP contribution in [0, 0.1) is 0 Å². The van der Waals surface area contributed by atoms with Crippen LogP contribution >= 0.6 is 11.3 Å². The fourth-order valence-corrected chi connectivity index (χ4v) is 6.61. The van der Waals surface area contributed by atoms with Gasteiger partial charge in [-0.1, -0.05) is 72.8 Å². The normalized spacial score (nSPS) is 12.0. The quantitative estimate of drug-likeness (QED) is 0.241. The number of benzene rings is 5. The van der Waals surface area contributed by atoms with Crippen molar-refractivity contribution in [3.8, 4) is 10.7 Å². The van der Waals surface area contributed by atoms with E-state index < -0.39 is 0 Å². The lowest BCUT2D eigenvalue weighted by atomic mass is 10.1. The first-order chi connectivity index (χ1) is 17.3. The Hall–Kier alpha value is -4.34. The Kier molecular flexibility index (Phi) is 3.85. The second kappa shape index (κ2) is 7.08. The van der Waals surface area contributed by atoms with Gasteiger partial charge in [0.05, 0.1) is 16.6 Å². The summed E-state index contributed by atoms with van der Waals surface area (Å²) in [6, 6.07) is 41.8. The van der Waals surface area contributed by atoms with Crippen LogP contribution in [0.2, 0.25) is 0 Å². The van der Waals surface area contributed by atoms with Crippen molar-refractivity contribution in [2.75, 3.05) is 0 Å². The molecular formula is C32H20N2S. The maximum atomic E-state index is 2.49. The lowest BCUT2D eigenvalue weighted by Crippen LogP contribution is -1.93. The van der Waals surface area contributed by atoms with Crippen LogP contribution in [0.25, 0.3) is 64.3 Å². The van der Waals surface area contributed by atoms with Gasteiger partial charge < -0.3 is 4.57 Å². The monoisotopic (exact) mass is 464 g/mol. The molecule has 0 saturated heterocycles. The van der Waals surface area contributed by atoms with Crippen molar-refractivity contribution in [2.24, 2.45) is 0 Å². The fourth-order valence-electron chi connectivity index (χ4n) is 5.53. The van der Waals surface area contributed by atoms with Crippen molar-refractivity contribution >= 4 is 64.9 Å². The minimum Gasteiger partial charge on any atom is -0.316 e. The Labute approximate surface area is 205 Å². The lowest BCUT2D eigenvalue weighted by Gasteiger charge is -2.08. The summed E-state index contributed by atoms with van der Waals surface area (Å²) >= 11 is 1.86. The van der Waals surface area contributed by atoms with Gasteiger partial charge in [0.25, 0.3) is 0 Å². The summed E-state index contributed by atoms with van der Waals surface area (Å²) in [6.45, 7) is 0. The van der Waals surface area contributed by atoms with Crippen LogP contribution in [0.5, 0.6) is 0 Å². The van der Waals surface area contributed by atoms with Crippen LogP contribution in [-0.2, 0) is 0 Å². The van der Waals surface area contributed by atoms with Crippen molar-refractivity contribution < 1.29 is 0 Å². The summed E-state index contributed by atoms with van der Waals surface area (Å²) in [7, 11) is 0. The van der Waals surface area contributed by atoms with Gasteiger partial charge in [-0.15, -0.1) is 11.3 Å². The molecule has 0 fully saturated rings. The zero-order valence-corrected chi connectivity index (χ0v) is 19.7. The second-order valence-corrected chi connectivity index (χ2v) is 10.2. The van der Waals surface area contributed by atoms with E-state index in [2.05, 4.69) is 131 Å². The van der Waals surface area contributed by atoms with Gasteiger partial charge in [0.15, 0.2) is 0 Å². The molecule has 8 aromatic rings. The summed E-state index contributed by atoms with van der Waals surface area (Å²) < 4.78 is 6.09. The van der Waals surface area contributed by atoms with E-state index in [4.69, 9.17) is 0 Å². The largest absolute Gasteiger partial charge is 0.316 e. The number of para-hydroxylation sites is 1. The van der Waals surface area contributed by atoms with Crippen molar-refractivity contribution in [3.05, 3.63) is 121 Å². The molecule has 0 aliphatic carbocycles. The molecule has 0 N–H and O–H groups in total. The van der Waals surface area contributed by atoms with Gasteiger partial charge in [0.1, 0.15) is 5.00 Å². The number of aromatic nitrogens is 2. The fraction of sp³-hybridized carbons (Fsp3) is 0. The van der Waals surface area contributed by atoms with Gasteiger partial charge in [-0.25, -0.2) is 0 Å². The third-order valence-corrected chi connectivity index (χ3v) is 8.23. The zero-order chi connectivity index (χ0) is 22.9. The standard InChI is InChI=1S/C32H20N2S/c1-2-10-24(11-3-1)33-17-16-22-18-27-26-15-14-21-8-4-6-12-25(21)32(26)34(29(27)20-28(22)33)31-19-23-9-5-7-13-30(23)35-31/h1-20H. The van der Waals surface area contributed by atoms with Gasteiger partial charge in [0.2, 0.25) is 0 Å². The molecule has 35 heavy (non-hydrogen) atoms. The number of hydrogen-bond acceptors (Lipinski definition) is 1. The highest BCUT2D eigenvalue weighted by Gasteiger charge is 2.18. The number of rotatable bonds is 2. The first-order valence-electron chi connectivity index (χ1n) is 11.9. The molecule has 0 radical (unpaired) electrons. The molecule has 0 saturated carbocycles. The summed E-state index contributed by atoms with van der Waals surface area (Å²) in [5.74, 6) is 0. The van der Waals surface area contributed by atoms with E-state index in [9.17, 15) is 0 Å². The molecule has 0 spiro atoms. The van der Waals surface area contributed by atoms with Crippen molar-refractivity contribution in [1.82, 2.24) is 9.13 Å². The third-order valence-electron chi connectivity index (χ3n) is 7.13. The molecule has 0 atom stereocenters. The molecule has 0 aliphatic heterocycles. The smallest absolute Gasteiger partial charge is 0.101 e. The van der Waals surface area contributed by atoms with Gasteiger partial charge in [-0.2, -0.15) is 0 Å². The van der Waals surface area contributed by atoms with E-state index in [0.29, 0.717) is 0 Å². The second-order valence-electron chi connectivity index (χ2n) is 9.09. The Morgan fingerprint density at radius 1 is 0.514 bits per heavy atom. The number of thiophene rings is 1. The molecule has 8 rings (SSSR count). The summed E-state index contributed by atoms with van der Waals surface area (Å²) in [6.07, 6.45) is 2.18. The molecule has 5 aromatic carbocycles. The van der Waals surface area contributed by atoms with Gasteiger partial charge in [0, 0.05) is 38.1 Å². The Morgan fingerprint density at radius 3 is 2.20 bits per heavy atom. The minimum absolute atomic E-state index is 1.18. The molecule has 0 aliphatic rings. The van der Waals surface area contributed by atoms with Gasteiger partial charge in [-0.3, -0.25) is 4.57 Å². The van der Waals surface area contributed by atoms with Crippen LogP contribution in [-0.4, -0.2) is 9.13 Å². The van der Waals surface area contributed by atoms with Gasteiger partial charge in [-0.05, 0) is 53.2 Å². The molecule has 0 bridgehead atoms. The third kappa shape index (κ3) is 2.70. The van der Waals surface area contributed by atoms with E-state index >= 15 is 0 Å². The summed E-state index contributed by atoms with van der Waals surface area (Å²) in [4.78, 5) is 0. The highest BCUT2D eigenvalue weighted by molar-refractivity contribution is 7.21. The topological polar surface area (TPSA) is 9.86 Å². The van der Waals surface area contributed by atoms with Crippen LogP contribution in [0.4, 0.5) is 0 Å². The Bertz CT molecular complexity index is 2020. The maximum Gasteiger partial charge on any atom is 0.101 e. The number of fused-ring (bicyclic) bond motifs is 7. The van der Waals surface area contributed by atoms with Crippen LogP contribution in [0.3, 0.4) is 0 Å². The van der Waals surface area contributed by atoms with Crippen LogP contribution < -0.4 is 0 Å². The zero-order valence-electron chi connectivity index (χ0n) is 18.8. The molecule has 0 amide bonds. The van der Waals surface area contributed by atoms with Crippen LogP contribution in [0.1, 0.15) is 0 Å². The summed E-state index contributed by atoms with van der Waals surface area (Å²) in [5.41, 5.74) is 4.92. The summed E-state index contributed by atoms with van der Waals surface area (Å²) in [5, 5.41) is 8.94. The maximum absolute atomic E-state index is 2.49. The van der Waals surface area contributed by atoms with Crippen molar-refractivity contribution in [2.45, 2.75) is 0 Å². The molecule has 0 unspecified atom stereocenters. The molecule has 2 nitrogen and oxygen atoms in total. The van der Waals surface area contributed by atoms with Crippen LogP contribution in [0.15, 0.2) is 121 Å². The minimum atomic E-state index is 1.18. The average Bonchev–Trinajstić information content (AvgIpc) is 3.61. The Balaban J connectivity index is 1.56. The van der Waals surface area contributed by atoms with Gasteiger partial charge >= 0.3 is 0 Å². The first-order valence-corrected chi connectivity index (χ1v) is 12.7. The SMILES string of the molecule is c1ccc(-n2ccc3cc4c5ccc6ccccc6c5n(-c5cc6ccccc6s5)c4cc32)cc1. The van der Waals surface area contributed by atoms with Crippen molar-refractivity contribution in [3.63, 3.8) is 0 Å². The number of nitrogens with zero attached hydrogens (tertiary/aromatic N) is 2. The highest BCUT2D eigenvalue weighted by atomic mass is 32.1. The van der Waals surface area contributed by atoms with E-state index in [1.807, 2.05) is 11.3 Å². The molecular weight excluding hydrogens is 444 g/mol. The molecule has 3 heterocycles. The van der Waals surface area contributed by atoms with Crippen molar-refractivity contribution in [1.29, 1.82) is 0 Å². The van der Waals surface area contributed by atoms with E-state index in [1.54, 1.807) is 0 Å². The lowest BCUT2D eigenvalue weighted by molar-refractivity contribution is 1.13. The predicted octanol–water partition coefficient (Wildman–Crippen LogP) is 9.10. The average molecular weight is 465 g/mol. The van der Waals surface area contributed by atoms with E-state index in [-0.39, 0.29) is 0 Å². The molecule has 164 valence electrons. The van der Waals surface area contributed by atoms with E-state index in [0.717, 1.165) is 0 Å². The first kappa shape index (κ1) is 19.0. The van der Waals surface area contributed by atoms with E-state index in [1.165, 1.54) is 64.3 Å². The number of hydrogen-bond donors (Lipinski definition) is 0. The molecule has 3 aromatic heterocycles.